The molecule has 0 atom stereocenters. The summed E-state index contributed by atoms with van der Waals surface area (Å²) in [7, 11) is 0. The second kappa shape index (κ2) is 6.89. The van der Waals surface area contributed by atoms with E-state index in [1.54, 1.807) is 0 Å². The quantitative estimate of drug-likeness (QED) is 0.834. The number of nitrogens with zero attached hydrogens (tertiary/aromatic N) is 4. The number of hydrogen-bond donors (Lipinski definition) is 1. The normalized spacial score (nSPS) is 15.1. The van der Waals surface area contributed by atoms with Crippen molar-refractivity contribution in [3.05, 3.63) is 5.28 Å². The predicted octanol–water partition coefficient (Wildman–Crippen LogP) is 2.97. The van der Waals surface area contributed by atoms with E-state index >= 15 is 0 Å². The lowest BCUT2D eigenvalue weighted by Gasteiger charge is -2.25. The summed E-state index contributed by atoms with van der Waals surface area (Å²) in [4.78, 5) is 14.8. The van der Waals surface area contributed by atoms with E-state index in [4.69, 9.17) is 11.6 Å². The highest BCUT2D eigenvalue weighted by Gasteiger charge is 2.17. The van der Waals surface area contributed by atoms with Crippen LogP contribution >= 0.6 is 11.6 Å². The van der Waals surface area contributed by atoms with Crippen LogP contribution in [-0.4, -0.2) is 34.6 Å². The molecular formula is C13H22ClN5. The first-order valence-electron chi connectivity index (χ1n) is 7.13. The Morgan fingerprint density at radius 3 is 2.53 bits per heavy atom. The van der Waals surface area contributed by atoms with Gasteiger partial charge in [-0.05, 0) is 37.8 Å². The van der Waals surface area contributed by atoms with Crippen molar-refractivity contribution in [2.24, 2.45) is 5.92 Å². The Hall–Kier alpha value is -1.10. The van der Waals surface area contributed by atoms with E-state index < -0.39 is 0 Å². The van der Waals surface area contributed by atoms with Gasteiger partial charge in [-0.2, -0.15) is 15.0 Å². The second-order valence-corrected chi connectivity index (χ2v) is 5.25. The molecule has 5 nitrogen and oxygen atoms in total. The molecule has 0 unspecified atom stereocenters. The van der Waals surface area contributed by atoms with Crippen LogP contribution in [-0.2, 0) is 0 Å². The highest BCUT2D eigenvalue weighted by Crippen LogP contribution is 2.29. The molecule has 0 bridgehead atoms. The van der Waals surface area contributed by atoms with Gasteiger partial charge in [0.2, 0.25) is 17.2 Å². The first-order valence-corrected chi connectivity index (χ1v) is 7.51. The van der Waals surface area contributed by atoms with Crippen molar-refractivity contribution in [3.63, 3.8) is 0 Å². The standard InChI is InChI=1S/C13H22ClN5/c1-3-19(4-2)13-17-11(14)16-12(18-13)15-9-8-10-6-5-7-10/h10H,3-9H2,1-2H3,(H,15,16,17,18). The van der Waals surface area contributed by atoms with Crippen molar-refractivity contribution in [2.45, 2.75) is 39.5 Å². The monoisotopic (exact) mass is 283 g/mol. The molecule has 0 radical (unpaired) electrons. The smallest absolute Gasteiger partial charge is 0.231 e. The molecule has 0 saturated heterocycles. The largest absolute Gasteiger partial charge is 0.354 e. The van der Waals surface area contributed by atoms with E-state index in [0.29, 0.717) is 11.9 Å². The number of halogens is 1. The van der Waals surface area contributed by atoms with Gasteiger partial charge in [0.25, 0.3) is 0 Å². The maximum Gasteiger partial charge on any atom is 0.231 e. The molecule has 1 N–H and O–H groups in total. The van der Waals surface area contributed by atoms with Crippen molar-refractivity contribution < 1.29 is 0 Å². The fourth-order valence-electron chi connectivity index (χ4n) is 2.24. The number of aromatic nitrogens is 3. The number of nitrogens with one attached hydrogen (secondary N) is 1. The number of hydrogen-bond acceptors (Lipinski definition) is 5. The molecule has 1 aromatic rings. The maximum atomic E-state index is 5.96. The summed E-state index contributed by atoms with van der Waals surface area (Å²) in [6.45, 7) is 6.77. The molecule has 0 aromatic carbocycles. The van der Waals surface area contributed by atoms with Crippen LogP contribution in [0.3, 0.4) is 0 Å². The Labute approximate surface area is 119 Å². The van der Waals surface area contributed by atoms with E-state index in [1.165, 1.54) is 25.7 Å². The van der Waals surface area contributed by atoms with Crippen LogP contribution in [0.25, 0.3) is 0 Å². The summed E-state index contributed by atoms with van der Waals surface area (Å²) in [5.41, 5.74) is 0. The summed E-state index contributed by atoms with van der Waals surface area (Å²) in [6.07, 6.45) is 5.30. The van der Waals surface area contributed by atoms with Crippen LogP contribution in [0.1, 0.15) is 39.5 Å². The van der Waals surface area contributed by atoms with Gasteiger partial charge in [0.1, 0.15) is 0 Å². The molecule has 0 aliphatic heterocycles. The van der Waals surface area contributed by atoms with Gasteiger partial charge in [-0.15, -0.1) is 0 Å². The zero-order chi connectivity index (χ0) is 13.7. The Morgan fingerprint density at radius 1 is 1.21 bits per heavy atom. The van der Waals surface area contributed by atoms with Gasteiger partial charge in [-0.1, -0.05) is 19.3 Å². The fourth-order valence-corrected chi connectivity index (χ4v) is 2.39. The topological polar surface area (TPSA) is 53.9 Å². The van der Waals surface area contributed by atoms with Crippen molar-refractivity contribution in [1.29, 1.82) is 0 Å². The average molecular weight is 284 g/mol. The second-order valence-electron chi connectivity index (χ2n) is 4.91. The van der Waals surface area contributed by atoms with Gasteiger partial charge in [0.05, 0.1) is 0 Å². The van der Waals surface area contributed by atoms with Gasteiger partial charge >= 0.3 is 0 Å². The zero-order valence-electron chi connectivity index (χ0n) is 11.7. The Morgan fingerprint density at radius 2 is 1.95 bits per heavy atom. The Kier molecular flexibility index (Phi) is 5.19. The third kappa shape index (κ3) is 3.93. The molecule has 1 saturated carbocycles. The van der Waals surface area contributed by atoms with Crippen molar-refractivity contribution >= 4 is 23.5 Å². The van der Waals surface area contributed by atoms with Gasteiger partial charge < -0.3 is 10.2 Å². The van der Waals surface area contributed by atoms with Crippen LogP contribution in [0.15, 0.2) is 0 Å². The number of anilines is 2. The van der Waals surface area contributed by atoms with Gasteiger partial charge in [-0.3, -0.25) is 0 Å². The van der Waals surface area contributed by atoms with Crippen LogP contribution < -0.4 is 10.2 Å². The van der Waals surface area contributed by atoms with E-state index in [1.807, 2.05) is 0 Å². The molecule has 2 rings (SSSR count). The van der Waals surface area contributed by atoms with Crippen LogP contribution in [0.2, 0.25) is 5.28 Å². The van der Waals surface area contributed by atoms with Gasteiger partial charge in [0.15, 0.2) is 0 Å². The van der Waals surface area contributed by atoms with Crippen molar-refractivity contribution in [1.82, 2.24) is 15.0 Å². The third-order valence-electron chi connectivity index (χ3n) is 3.70. The fraction of sp³-hybridized carbons (Fsp3) is 0.769. The summed E-state index contributed by atoms with van der Waals surface area (Å²) >= 11 is 5.96. The first kappa shape index (κ1) is 14.3. The van der Waals surface area contributed by atoms with Crippen molar-refractivity contribution in [2.75, 3.05) is 29.9 Å². The van der Waals surface area contributed by atoms with E-state index in [0.717, 1.165) is 25.6 Å². The molecule has 1 aliphatic rings. The number of rotatable bonds is 7. The molecule has 1 fully saturated rings. The summed E-state index contributed by atoms with van der Waals surface area (Å²) in [5.74, 6) is 2.12. The lowest BCUT2D eigenvalue weighted by atomic mass is 9.83. The molecule has 6 heteroatoms. The third-order valence-corrected chi connectivity index (χ3v) is 3.87. The highest BCUT2D eigenvalue weighted by atomic mass is 35.5. The molecule has 0 spiro atoms. The van der Waals surface area contributed by atoms with Crippen LogP contribution in [0.5, 0.6) is 0 Å². The Balaban J connectivity index is 1.94. The first-order chi connectivity index (χ1) is 9.22. The van der Waals surface area contributed by atoms with Gasteiger partial charge in [0, 0.05) is 19.6 Å². The highest BCUT2D eigenvalue weighted by molar-refractivity contribution is 6.28. The van der Waals surface area contributed by atoms with E-state index in [9.17, 15) is 0 Å². The van der Waals surface area contributed by atoms with Crippen LogP contribution in [0, 0.1) is 5.92 Å². The molecule has 0 amide bonds. The minimum atomic E-state index is 0.253. The lowest BCUT2D eigenvalue weighted by molar-refractivity contribution is 0.303. The Bertz CT molecular complexity index is 404. The van der Waals surface area contributed by atoms with E-state index in [2.05, 4.69) is 39.0 Å². The maximum absolute atomic E-state index is 5.96. The molecular weight excluding hydrogens is 262 g/mol. The molecule has 1 aliphatic carbocycles. The summed E-state index contributed by atoms with van der Waals surface area (Å²) in [6, 6.07) is 0. The molecule has 106 valence electrons. The minimum absolute atomic E-state index is 0.253. The minimum Gasteiger partial charge on any atom is -0.354 e. The van der Waals surface area contributed by atoms with Gasteiger partial charge in [-0.25, -0.2) is 0 Å². The molecule has 19 heavy (non-hydrogen) atoms. The summed E-state index contributed by atoms with van der Waals surface area (Å²) in [5, 5.41) is 3.51. The lowest BCUT2D eigenvalue weighted by Crippen LogP contribution is -2.25. The SMILES string of the molecule is CCN(CC)c1nc(Cl)nc(NCCC2CCC2)n1. The van der Waals surface area contributed by atoms with Crippen LogP contribution in [0.4, 0.5) is 11.9 Å². The predicted molar refractivity (Wildman–Crippen MR) is 78.8 cm³/mol. The summed E-state index contributed by atoms with van der Waals surface area (Å²) < 4.78 is 0. The molecule has 1 heterocycles. The zero-order valence-corrected chi connectivity index (χ0v) is 12.4. The molecule has 1 aromatic heterocycles. The van der Waals surface area contributed by atoms with Crippen molar-refractivity contribution in [3.8, 4) is 0 Å². The average Bonchev–Trinajstić information content (AvgIpc) is 2.33. The van der Waals surface area contributed by atoms with E-state index in [-0.39, 0.29) is 5.28 Å².